The zero-order chi connectivity index (χ0) is 19.9. The molecular weight excluding hydrogens is 373 g/mol. The highest BCUT2D eigenvalue weighted by Crippen LogP contribution is 2.42. The first-order valence-corrected chi connectivity index (χ1v) is 8.91. The van der Waals surface area contributed by atoms with Crippen molar-refractivity contribution in [3.8, 4) is 0 Å². The molecule has 28 heavy (non-hydrogen) atoms. The predicted molar refractivity (Wildman–Crippen MR) is 97.8 cm³/mol. The van der Waals surface area contributed by atoms with Gasteiger partial charge in [0.25, 0.3) is 0 Å². The average molecular weight is 392 g/mol. The number of pyridine rings is 1. The van der Waals surface area contributed by atoms with Gasteiger partial charge < -0.3 is 19.9 Å². The Morgan fingerprint density at radius 1 is 1.21 bits per heavy atom. The van der Waals surface area contributed by atoms with Crippen LogP contribution in [-0.4, -0.2) is 43.4 Å². The van der Waals surface area contributed by atoms with Crippen LogP contribution in [0.5, 0.6) is 0 Å². The molecular formula is C19H19F3N4O2. The normalized spacial score (nSPS) is 21.1. The number of aromatic nitrogens is 1. The van der Waals surface area contributed by atoms with Crippen molar-refractivity contribution < 1.29 is 22.7 Å². The van der Waals surface area contributed by atoms with Gasteiger partial charge in [0, 0.05) is 31.9 Å². The smallest absolute Gasteiger partial charge is 0.416 e. The van der Waals surface area contributed by atoms with Crippen molar-refractivity contribution in [2.75, 3.05) is 29.9 Å². The minimum absolute atomic E-state index is 0.0411. The molecule has 148 valence electrons. The molecule has 1 saturated heterocycles. The Morgan fingerprint density at radius 3 is 2.64 bits per heavy atom. The number of nitrogens with one attached hydrogen (secondary N) is 1. The maximum atomic E-state index is 12.9. The van der Waals surface area contributed by atoms with Gasteiger partial charge in [0.05, 0.1) is 23.8 Å². The van der Waals surface area contributed by atoms with Gasteiger partial charge in [-0.25, -0.2) is 9.78 Å². The summed E-state index contributed by atoms with van der Waals surface area (Å²) in [6.07, 6.45) is -2.82. The SMILES string of the molecule is CNC(=O)O[C@H]1C[C@@H]2CN(c3ccc(C(F)(F)F)cc3)c3cccnc3N2C1. The second kappa shape index (κ2) is 6.88. The van der Waals surface area contributed by atoms with Gasteiger partial charge in [0.15, 0.2) is 5.82 Å². The first-order valence-electron chi connectivity index (χ1n) is 8.91. The number of alkyl halides is 3. The molecule has 1 aromatic carbocycles. The zero-order valence-corrected chi connectivity index (χ0v) is 15.1. The molecule has 0 radical (unpaired) electrons. The molecule has 0 saturated carbocycles. The van der Waals surface area contributed by atoms with Crippen LogP contribution in [0.3, 0.4) is 0 Å². The van der Waals surface area contributed by atoms with Gasteiger partial charge in [-0.15, -0.1) is 0 Å². The Morgan fingerprint density at radius 2 is 1.96 bits per heavy atom. The minimum atomic E-state index is -4.37. The number of hydrogen-bond acceptors (Lipinski definition) is 5. The standard InChI is InChI=1S/C19H19F3N4O2/c1-23-18(27)28-15-9-14-10-25(13-6-4-12(5-7-13)19(20,21)22)16-3-2-8-24-17(16)26(14)11-15/h2-8,14-15H,9-11H2,1H3,(H,23,27)/t14-,15+/m1/s1. The van der Waals surface area contributed by atoms with Crippen LogP contribution in [-0.2, 0) is 10.9 Å². The fourth-order valence-corrected chi connectivity index (χ4v) is 3.81. The molecule has 1 amide bonds. The van der Waals surface area contributed by atoms with E-state index in [-0.39, 0.29) is 12.1 Å². The summed E-state index contributed by atoms with van der Waals surface area (Å²) in [5.74, 6) is 0.738. The van der Waals surface area contributed by atoms with E-state index in [9.17, 15) is 18.0 Å². The van der Waals surface area contributed by atoms with Crippen LogP contribution in [0, 0.1) is 0 Å². The van der Waals surface area contributed by atoms with Gasteiger partial charge in [0.1, 0.15) is 6.10 Å². The molecule has 3 heterocycles. The lowest BCUT2D eigenvalue weighted by atomic mass is 10.1. The summed E-state index contributed by atoms with van der Waals surface area (Å²) in [4.78, 5) is 20.1. The third-order valence-corrected chi connectivity index (χ3v) is 5.08. The highest BCUT2D eigenvalue weighted by Gasteiger charge is 2.41. The number of carbonyl (C=O) groups is 1. The maximum absolute atomic E-state index is 12.9. The molecule has 0 unspecified atom stereocenters. The van der Waals surface area contributed by atoms with Crippen LogP contribution in [0.2, 0.25) is 0 Å². The van der Waals surface area contributed by atoms with Crippen molar-refractivity contribution in [3.63, 3.8) is 0 Å². The molecule has 6 nitrogen and oxygen atoms in total. The van der Waals surface area contributed by atoms with Crippen molar-refractivity contribution in [2.24, 2.45) is 0 Å². The summed E-state index contributed by atoms with van der Waals surface area (Å²) in [6.45, 7) is 1.10. The van der Waals surface area contributed by atoms with E-state index in [0.717, 1.165) is 23.6 Å². The van der Waals surface area contributed by atoms with Gasteiger partial charge in [-0.05, 0) is 36.4 Å². The largest absolute Gasteiger partial charge is 0.444 e. The number of ether oxygens (including phenoxy) is 1. The van der Waals surface area contributed by atoms with Crippen LogP contribution < -0.4 is 15.1 Å². The highest BCUT2D eigenvalue weighted by molar-refractivity contribution is 5.78. The first-order chi connectivity index (χ1) is 13.4. The van der Waals surface area contributed by atoms with Gasteiger partial charge in [-0.1, -0.05) is 0 Å². The molecule has 0 spiro atoms. The van der Waals surface area contributed by atoms with E-state index < -0.39 is 17.8 Å². The fourth-order valence-electron chi connectivity index (χ4n) is 3.81. The highest BCUT2D eigenvalue weighted by atomic mass is 19.4. The number of hydrogen-bond donors (Lipinski definition) is 1. The summed E-state index contributed by atoms with van der Waals surface area (Å²) < 4.78 is 44.0. The topological polar surface area (TPSA) is 57.7 Å². The maximum Gasteiger partial charge on any atom is 0.416 e. The Hall–Kier alpha value is -2.97. The van der Waals surface area contributed by atoms with Crippen LogP contribution in [0.4, 0.5) is 35.2 Å². The second-order valence-corrected chi connectivity index (χ2v) is 6.82. The second-order valence-electron chi connectivity index (χ2n) is 6.82. The summed E-state index contributed by atoms with van der Waals surface area (Å²) in [6, 6.07) is 8.85. The zero-order valence-electron chi connectivity index (χ0n) is 15.1. The third-order valence-electron chi connectivity index (χ3n) is 5.08. The molecule has 0 aliphatic carbocycles. The van der Waals surface area contributed by atoms with Crippen LogP contribution in [0.15, 0.2) is 42.6 Å². The number of fused-ring (bicyclic) bond motifs is 3. The monoisotopic (exact) mass is 392 g/mol. The Kier molecular flexibility index (Phi) is 4.52. The molecule has 2 aliphatic heterocycles. The number of benzene rings is 1. The van der Waals surface area contributed by atoms with Gasteiger partial charge in [0.2, 0.25) is 0 Å². The molecule has 2 aromatic rings. The van der Waals surface area contributed by atoms with Crippen molar-refractivity contribution >= 4 is 23.3 Å². The number of alkyl carbamates (subject to hydrolysis) is 1. The predicted octanol–water partition coefficient (Wildman–Crippen LogP) is 3.56. The van der Waals surface area contributed by atoms with E-state index in [2.05, 4.69) is 15.2 Å². The molecule has 4 rings (SSSR count). The van der Waals surface area contributed by atoms with Crippen LogP contribution in [0.25, 0.3) is 0 Å². The quantitative estimate of drug-likeness (QED) is 0.847. The molecule has 1 aromatic heterocycles. The lowest BCUT2D eigenvalue weighted by Gasteiger charge is -2.40. The van der Waals surface area contributed by atoms with E-state index in [4.69, 9.17) is 4.74 Å². The molecule has 2 aliphatic rings. The lowest BCUT2D eigenvalue weighted by molar-refractivity contribution is -0.137. The molecule has 9 heteroatoms. The minimum Gasteiger partial charge on any atom is -0.444 e. The van der Waals surface area contributed by atoms with E-state index in [0.29, 0.717) is 25.2 Å². The Bertz CT molecular complexity index is 872. The van der Waals surface area contributed by atoms with Crippen LogP contribution in [0.1, 0.15) is 12.0 Å². The number of anilines is 3. The number of amides is 1. The third kappa shape index (κ3) is 3.32. The van der Waals surface area contributed by atoms with E-state index in [1.54, 1.807) is 12.3 Å². The lowest BCUT2D eigenvalue weighted by Crippen LogP contribution is -2.44. The number of nitrogens with zero attached hydrogens (tertiary/aromatic N) is 3. The van der Waals surface area contributed by atoms with Crippen molar-refractivity contribution in [3.05, 3.63) is 48.2 Å². The summed E-state index contributed by atoms with van der Waals surface area (Å²) in [5, 5.41) is 2.45. The van der Waals surface area contributed by atoms with Gasteiger partial charge >= 0.3 is 12.3 Å². The van der Waals surface area contributed by atoms with E-state index in [1.807, 2.05) is 11.0 Å². The molecule has 2 atom stereocenters. The first kappa shape index (κ1) is 18.4. The Labute approximate surface area is 159 Å². The van der Waals surface area contributed by atoms with Crippen molar-refractivity contribution in [2.45, 2.75) is 24.7 Å². The summed E-state index contributed by atoms with van der Waals surface area (Å²) in [7, 11) is 1.51. The number of carbonyl (C=O) groups excluding carboxylic acids is 1. The fraction of sp³-hybridized carbons (Fsp3) is 0.368. The molecule has 1 fully saturated rings. The number of halogens is 3. The van der Waals surface area contributed by atoms with Gasteiger partial charge in [-0.3, -0.25) is 0 Å². The van der Waals surface area contributed by atoms with Gasteiger partial charge in [-0.2, -0.15) is 13.2 Å². The average Bonchev–Trinajstić information content (AvgIpc) is 3.09. The van der Waals surface area contributed by atoms with E-state index >= 15 is 0 Å². The number of rotatable bonds is 2. The van der Waals surface area contributed by atoms with Crippen molar-refractivity contribution in [1.82, 2.24) is 10.3 Å². The molecule has 0 bridgehead atoms. The van der Waals surface area contributed by atoms with Crippen molar-refractivity contribution in [1.29, 1.82) is 0 Å². The summed E-state index contributed by atoms with van der Waals surface area (Å²) in [5.41, 5.74) is 0.804. The molecule has 1 N–H and O–H groups in total. The Balaban J connectivity index is 1.63. The van der Waals surface area contributed by atoms with E-state index in [1.165, 1.54) is 19.2 Å². The summed E-state index contributed by atoms with van der Waals surface area (Å²) >= 11 is 0. The van der Waals surface area contributed by atoms with Crippen LogP contribution >= 0.6 is 0 Å².